The van der Waals surface area contributed by atoms with Crippen LogP contribution in [0.4, 0.5) is 0 Å². The fraction of sp³-hybridized carbons (Fsp3) is 0.462. The fourth-order valence-electron chi connectivity index (χ4n) is 1.46. The zero-order valence-electron chi connectivity index (χ0n) is 10.2. The lowest BCUT2D eigenvalue weighted by atomic mass is 10.1. The summed E-state index contributed by atoms with van der Waals surface area (Å²) in [4.78, 5) is 11.8. The summed E-state index contributed by atoms with van der Waals surface area (Å²) < 4.78 is 0. The molecule has 0 bridgehead atoms. The molecule has 1 amide bonds. The highest BCUT2D eigenvalue weighted by molar-refractivity contribution is 9.08. The number of carbonyl (C=O) groups excluding carboxylic acids is 1. The molecule has 1 rings (SSSR count). The maximum absolute atomic E-state index is 11.8. The van der Waals surface area contributed by atoms with Crippen LogP contribution >= 0.6 is 27.7 Å². The minimum absolute atomic E-state index is 0.0130. The summed E-state index contributed by atoms with van der Waals surface area (Å²) in [6.45, 7) is 2.88. The van der Waals surface area contributed by atoms with Crippen molar-refractivity contribution in [1.29, 1.82) is 0 Å². The monoisotopic (exact) mass is 315 g/mol. The van der Waals surface area contributed by atoms with Crippen molar-refractivity contribution in [3.05, 3.63) is 35.4 Å². The van der Waals surface area contributed by atoms with E-state index in [-0.39, 0.29) is 5.91 Å². The van der Waals surface area contributed by atoms with Gasteiger partial charge in [-0.15, -0.1) is 0 Å². The van der Waals surface area contributed by atoms with Crippen molar-refractivity contribution in [3.63, 3.8) is 0 Å². The van der Waals surface area contributed by atoms with Crippen molar-refractivity contribution in [3.8, 4) is 0 Å². The Morgan fingerprint density at radius 2 is 2.06 bits per heavy atom. The maximum atomic E-state index is 11.8. The lowest BCUT2D eigenvalue weighted by Crippen LogP contribution is -2.29. The van der Waals surface area contributed by atoms with Gasteiger partial charge in [0.25, 0.3) is 5.91 Å². The predicted molar refractivity (Wildman–Crippen MR) is 79.0 cm³/mol. The van der Waals surface area contributed by atoms with Gasteiger partial charge >= 0.3 is 0 Å². The molecule has 0 aliphatic rings. The van der Waals surface area contributed by atoms with E-state index in [1.54, 1.807) is 11.8 Å². The molecule has 0 aliphatic heterocycles. The van der Waals surface area contributed by atoms with Gasteiger partial charge in [0.05, 0.1) is 0 Å². The Labute approximate surface area is 116 Å². The molecular formula is C13H18BrNOS. The standard InChI is InChI=1S/C13H18BrNOS/c1-10(9-17-2)8-15-13(16)12-5-3-11(7-14)4-6-12/h3-6,10H,7-9H2,1-2H3,(H,15,16). The molecule has 0 fully saturated rings. The van der Waals surface area contributed by atoms with Crippen LogP contribution in [-0.2, 0) is 5.33 Å². The van der Waals surface area contributed by atoms with Crippen LogP contribution in [0.2, 0.25) is 0 Å². The highest BCUT2D eigenvalue weighted by Gasteiger charge is 2.07. The van der Waals surface area contributed by atoms with E-state index < -0.39 is 0 Å². The third-order valence-electron chi connectivity index (χ3n) is 2.43. The number of nitrogens with one attached hydrogen (secondary N) is 1. The van der Waals surface area contributed by atoms with E-state index in [4.69, 9.17) is 0 Å². The number of thioether (sulfide) groups is 1. The van der Waals surface area contributed by atoms with Gasteiger partial charge < -0.3 is 5.32 Å². The normalized spacial score (nSPS) is 12.2. The van der Waals surface area contributed by atoms with E-state index in [0.29, 0.717) is 5.92 Å². The van der Waals surface area contributed by atoms with E-state index in [2.05, 4.69) is 34.4 Å². The zero-order valence-corrected chi connectivity index (χ0v) is 12.6. The van der Waals surface area contributed by atoms with Crippen LogP contribution in [0.5, 0.6) is 0 Å². The Kier molecular flexibility index (Phi) is 6.66. The minimum Gasteiger partial charge on any atom is -0.352 e. The second kappa shape index (κ2) is 7.77. The molecule has 17 heavy (non-hydrogen) atoms. The van der Waals surface area contributed by atoms with Crippen molar-refractivity contribution in [2.45, 2.75) is 12.3 Å². The number of amides is 1. The Morgan fingerprint density at radius 1 is 1.41 bits per heavy atom. The van der Waals surface area contributed by atoms with E-state index in [0.717, 1.165) is 23.2 Å². The molecule has 4 heteroatoms. The van der Waals surface area contributed by atoms with Gasteiger partial charge in [-0.25, -0.2) is 0 Å². The quantitative estimate of drug-likeness (QED) is 0.816. The van der Waals surface area contributed by atoms with Gasteiger partial charge in [-0.2, -0.15) is 11.8 Å². The Balaban J connectivity index is 2.46. The number of hydrogen-bond donors (Lipinski definition) is 1. The van der Waals surface area contributed by atoms with Gasteiger partial charge in [-0.3, -0.25) is 4.79 Å². The summed E-state index contributed by atoms with van der Waals surface area (Å²) >= 11 is 5.19. The minimum atomic E-state index is 0.0130. The van der Waals surface area contributed by atoms with Crippen LogP contribution in [0, 0.1) is 5.92 Å². The van der Waals surface area contributed by atoms with E-state index in [1.807, 2.05) is 24.3 Å². The third kappa shape index (κ3) is 5.13. The highest BCUT2D eigenvalue weighted by atomic mass is 79.9. The van der Waals surface area contributed by atoms with Crippen molar-refractivity contribution in [2.24, 2.45) is 5.92 Å². The SMILES string of the molecule is CSCC(C)CNC(=O)c1ccc(CBr)cc1. The van der Waals surface area contributed by atoms with Gasteiger partial charge in [0.2, 0.25) is 0 Å². The first-order chi connectivity index (χ1) is 8.17. The van der Waals surface area contributed by atoms with Gasteiger partial charge in [-0.1, -0.05) is 35.0 Å². The number of rotatable bonds is 6. The smallest absolute Gasteiger partial charge is 0.251 e. The molecule has 1 atom stereocenters. The average molecular weight is 316 g/mol. The Morgan fingerprint density at radius 3 is 2.59 bits per heavy atom. The average Bonchev–Trinajstić information content (AvgIpc) is 2.36. The number of benzene rings is 1. The fourth-order valence-corrected chi connectivity index (χ4v) is 2.52. The van der Waals surface area contributed by atoms with Crippen molar-refractivity contribution in [2.75, 3.05) is 18.6 Å². The first kappa shape index (κ1) is 14.6. The number of carbonyl (C=O) groups is 1. The molecule has 0 aromatic heterocycles. The number of hydrogen-bond acceptors (Lipinski definition) is 2. The number of alkyl halides is 1. The zero-order chi connectivity index (χ0) is 12.7. The lowest BCUT2D eigenvalue weighted by molar-refractivity contribution is 0.0949. The molecule has 2 nitrogen and oxygen atoms in total. The molecule has 94 valence electrons. The van der Waals surface area contributed by atoms with E-state index in [1.165, 1.54) is 5.56 Å². The molecule has 0 radical (unpaired) electrons. The molecule has 1 aromatic rings. The highest BCUT2D eigenvalue weighted by Crippen LogP contribution is 2.08. The van der Waals surface area contributed by atoms with E-state index in [9.17, 15) is 4.79 Å². The summed E-state index contributed by atoms with van der Waals surface area (Å²) in [5.74, 6) is 1.60. The third-order valence-corrected chi connectivity index (χ3v) is 3.98. The molecule has 0 heterocycles. The molecule has 1 unspecified atom stereocenters. The van der Waals surface area contributed by atoms with Crippen molar-refractivity contribution < 1.29 is 4.79 Å². The summed E-state index contributed by atoms with van der Waals surface area (Å²) in [6.07, 6.45) is 2.08. The molecule has 0 spiro atoms. The topological polar surface area (TPSA) is 29.1 Å². The number of halogens is 1. The summed E-state index contributed by atoms with van der Waals surface area (Å²) in [5.41, 5.74) is 1.91. The Hall–Kier alpha value is -0.480. The summed E-state index contributed by atoms with van der Waals surface area (Å²) in [6, 6.07) is 7.67. The molecule has 0 aliphatic carbocycles. The van der Waals surface area contributed by atoms with Crippen LogP contribution in [0.1, 0.15) is 22.8 Å². The van der Waals surface area contributed by atoms with Gasteiger partial charge in [0.1, 0.15) is 0 Å². The first-order valence-electron chi connectivity index (χ1n) is 5.59. The second-order valence-corrected chi connectivity index (χ2v) is 5.57. The largest absolute Gasteiger partial charge is 0.352 e. The van der Waals surface area contributed by atoms with Crippen LogP contribution < -0.4 is 5.32 Å². The molecular weight excluding hydrogens is 298 g/mol. The molecule has 1 N–H and O–H groups in total. The second-order valence-electron chi connectivity index (χ2n) is 4.10. The van der Waals surface area contributed by atoms with Crippen LogP contribution in [0.3, 0.4) is 0 Å². The predicted octanol–water partition coefficient (Wildman–Crippen LogP) is 3.31. The van der Waals surface area contributed by atoms with Crippen LogP contribution in [0.25, 0.3) is 0 Å². The maximum Gasteiger partial charge on any atom is 0.251 e. The van der Waals surface area contributed by atoms with Gasteiger partial charge in [0, 0.05) is 17.4 Å². The molecule has 0 saturated heterocycles. The van der Waals surface area contributed by atoms with Gasteiger partial charge in [0.15, 0.2) is 0 Å². The summed E-state index contributed by atoms with van der Waals surface area (Å²) in [7, 11) is 0. The summed E-state index contributed by atoms with van der Waals surface area (Å²) in [5, 5.41) is 3.78. The first-order valence-corrected chi connectivity index (χ1v) is 8.11. The van der Waals surface area contributed by atoms with E-state index >= 15 is 0 Å². The Bertz CT molecular complexity index is 353. The van der Waals surface area contributed by atoms with Crippen molar-refractivity contribution in [1.82, 2.24) is 5.32 Å². The van der Waals surface area contributed by atoms with Crippen LogP contribution in [0.15, 0.2) is 24.3 Å². The van der Waals surface area contributed by atoms with Crippen molar-refractivity contribution >= 4 is 33.6 Å². The molecule has 1 aromatic carbocycles. The lowest BCUT2D eigenvalue weighted by Gasteiger charge is -2.11. The molecule has 0 saturated carbocycles. The van der Waals surface area contributed by atoms with Gasteiger partial charge in [-0.05, 0) is 35.6 Å². The van der Waals surface area contributed by atoms with Crippen LogP contribution in [-0.4, -0.2) is 24.5 Å².